The molecule has 4 rings (SSSR count). The number of ketones is 1. The Balaban J connectivity index is 1.69. The van der Waals surface area contributed by atoms with Gasteiger partial charge in [0.15, 0.2) is 5.78 Å². The average molecular weight is 388 g/mol. The molecule has 0 atom stereocenters. The van der Waals surface area contributed by atoms with Crippen LogP contribution in [0.3, 0.4) is 0 Å². The molecule has 0 fully saturated rings. The molecule has 0 unspecified atom stereocenters. The molecule has 0 radical (unpaired) electrons. The third-order valence-corrected chi connectivity index (χ3v) is 5.02. The molecule has 0 amide bonds. The van der Waals surface area contributed by atoms with E-state index >= 15 is 0 Å². The highest BCUT2D eigenvalue weighted by atomic mass is 35.5. The molecule has 0 saturated heterocycles. The lowest BCUT2D eigenvalue weighted by atomic mass is 10.0. The molecule has 1 aromatic heterocycles. The van der Waals surface area contributed by atoms with E-state index in [2.05, 4.69) is 4.98 Å². The van der Waals surface area contributed by atoms with Gasteiger partial charge in [-0.3, -0.25) is 4.79 Å². The minimum absolute atomic E-state index is 0.0872. The maximum Gasteiger partial charge on any atom is 0.186 e. The van der Waals surface area contributed by atoms with Crippen LogP contribution in [0, 0.1) is 6.92 Å². The fourth-order valence-corrected chi connectivity index (χ4v) is 3.45. The van der Waals surface area contributed by atoms with Crippen molar-refractivity contribution in [1.29, 1.82) is 0 Å². The summed E-state index contributed by atoms with van der Waals surface area (Å²) in [5, 5.41) is 3.21. The highest BCUT2D eigenvalue weighted by Crippen LogP contribution is 2.26. The van der Waals surface area contributed by atoms with Crippen molar-refractivity contribution in [2.75, 3.05) is 7.11 Å². The first-order chi connectivity index (χ1) is 13.5. The molecular formula is C24H18ClNO2. The second-order valence-electron chi connectivity index (χ2n) is 6.65. The summed E-state index contributed by atoms with van der Waals surface area (Å²) in [7, 11) is 1.63. The van der Waals surface area contributed by atoms with Crippen molar-refractivity contribution in [2.45, 2.75) is 6.92 Å². The van der Waals surface area contributed by atoms with E-state index in [0.29, 0.717) is 16.3 Å². The zero-order valence-electron chi connectivity index (χ0n) is 15.6. The number of fused-ring (bicyclic) bond motifs is 2. The number of benzene rings is 3. The van der Waals surface area contributed by atoms with E-state index in [0.717, 1.165) is 33.0 Å². The van der Waals surface area contributed by atoms with E-state index in [1.807, 2.05) is 67.6 Å². The molecule has 3 aromatic carbocycles. The van der Waals surface area contributed by atoms with Crippen LogP contribution in [0.15, 0.2) is 66.7 Å². The van der Waals surface area contributed by atoms with Gasteiger partial charge in [-0.2, -0.15) is 0 Å². The number of hydrogen-bond acceptors (Lipinski definition) is 3. The van der Waals surface area contributed by atoms with Crippen molar-refractivity contribution in [2.24, 2.45) is 0 Å². The number of pyridine rings is 1. The van der Waals surface area contributed by atoms with Gasteiger partial charge < -0.3 is 4.74 Å². The highest BCUT2D eigenvalue weighted by molar-refractivity contribution is 6.31. The summed E-state index contributed by atoms with van der Waals surface area (Å²) >= 11 is 6.33. The largest absolute Gasteiger partial charge is 0.497 e. The van der Waals surface area contributed by atoms with Crippen molar-refractivity contribution in [3.8, 4) is 5.75 Å². The van der Waals surface area contributed by atoms with Crippen LogP contribution in [0.1, 0.15) is 21.5 Å². The van der Waals surface area contributed by atoms with Crippen molar-refractivity contribution in [3.63, 3.8) is 0 Å². The monoisotopic (exact) mass is 387 g/mol. The maximum atomic E-state index is 12.8. The minimum Gasteiger partial charge on any atom is -0.497 e. The first-order valence-electron chi connectivity index (χ1n) is 8.91. The van der Waals surface area contributed by atoms with Crippen molar-refractivity contribution >= 4 is 45.1 Å². The molecule has 0 aliphatic rings. The number of hydrogen-bond donors (Lipinski definition) is 0. The number of nitrogens with zero attached hydrogens (tertiary/aromatic N) is 1. The number of carbonyl (C=O) groups excluding carboxylic acids is 1. The standard InChI is InChI=1S/C24H18ClNO2/c1-15-6-7-17-13-18(24(25)26-22(17)12-15)8-11-23(27)21-5-3-4-16-14-19(28-2)9-10-20(16)21/h3-14H,1-2H3/b11-8+. The average Bonchev–Trinajstić information content (AvgIpc) is 2.71. The Bertz CT molecular complexity index is 1240. The fraction of sp³-hybridized carbons (Fsp3) is 0.0833. The summed E-state index contributed by atoms with van der Waals surface area (Å²) in [6.07, 6.45) is 3.27. The Hall–Kier alpha value is -3.17. The number of allylic oxidation sites excluding steroid dienone is 1. The molecule has 1 heterocycles. The molecule has 0 spiro atoms. The smallest absolute Gasteiger partial charge is 0.186 e. The first-order valence-corrected chi connectivity index (χ1v) is 9.29. The second kappa shape index (κ2) is 7.45. The van der Waals surface area contributed by atoms with Gasteiger partial charge in [0.05, 0.1) is 12.6 Å². The summed E-state index contributed by atoms with van der Waals surface area (Å²) in [6, 6.07) is 19.3. The number of aromatic nitrogens is 1. The summed E-state index contributed by atoms with van der Waals surface area (Å²) < 4.78 is 5.26. The third-order valence-electron chi connectivity index (χ3n) is 4.72. The van der Waals surface area contributed by atoms with E-state index < -0.39 is 0 Å². The van der Waals surface area contributed by atoms with Crippen molar-refractivity contribution in [3.05, 3.63) is 88.6 Å². The molecule has 138 valence electrons. The van der Waals surface area contributed by atoms with E-state index in [-0.39, 0.29) is 5.78 Å². The number of methoxy groups -OCH3 is 1. The summed E-state index contributed by atoms with van der Waals surface area (Å²) in [5.74, 6) is 0.674. The van der Waals surface area contributed by atoms with Crippen LogP contribution in [0.4, 0.5) is 0 Å². The van der Waals surface area contributed by atoms with Crippen molar-refractivity contribution < 1.29 is 9.53 Å². The molecular weight excluding hydrogens is 370 g/mol. The van der Waals surface area contributed by atoms with E-state index in [9.17, 15) is 4.79 Å². The van der Waals surface area contributed by atoms with Gasteiger partial charge in [0.1, 0.15) is 10.9 Å². The lowest BCUT2D eigenvalue weighted by Gasteiger charge is -2.06. The molecule has 3 nitrogen and oxygen atoms in total. The van der Waals surface area contributed by atoms with Crippen molar-refractivity contribution in [1.82, 2.24) is 4.98 Å². The Kier molecular flexibility index (Phi) is 4.84. The molecule has 0 aliphatic heterocycles. The number of carbonyl (C=O) groups is 1. The van der Waals surface area contributed by atoms with Gasteiger partial charge in [-0.05, 0) is 65.7 Å². The topological polar surface area (TPSA) is 39.2 Å². The molecule has 0 saturated carbocycles. The van der Waals surface area contributed by atoms with E-state index in [1.54, 1.807) is 19.3 Å². The number of aryl methyl sites for hydroxylation is 1. The maximum absolute atomic E-state index is 12.8. The van der Waals surface area contributed by atoms with Gasteiger partial charge in [-0.25, -0.2) is 4.98 Å². The Morgan fingerprint density at radius 2 is 1.89 bits per heavy atom. The van der Waals surface area contributed by atoms with Gasteiger partial charge in [0.2, 0.25) is 0 Å². The predicted octanol–water partition coefficient (Wildman–Crippen LogP) is 6.25. The van der Waals surface area contributed by atoms with Crippen LogP contribution in [0.5, 0.6) is 5.75 Å². The zero-order valence-corrected chi connectivity index (χ0v) is 16.3. The van der Waals surface area contributed by atoms with Crippen LogP contribution in [0.2, 0.25) is 5.15 Å². The summed E-state index contributed by atoms with van der Waals surface area (Å²) in [6.45, 7) is 2.02. The van der Waals surface area contributed by atoms with Gasteiger partial charge in [0, 0.05) is 16.5 Å². The first kappa shape index (κ1) is 18.2. The van der Waals surface area contributed by atoms with Crippen LogP contribution in [-0.4, -0.2) is 17.9 Å². The van der Waals surface area contributed by atoms with Crippen LogP contribution < -0.4 is 4.74 Å². The molecule has 0 aliphatic carbocycles. The summed E-state index contributed by atoms with van der Waals surface area (Å²) in [4.78, 5) is 17.3. The molecule has 28 heavy (non-hydrogen) atoms. The van der Waals surface area contributed by atoms with Gasteiger partial charge >= 0.3 is 0 Å². The van der Waals surface area contributed by atoms with Crippen LogP contribution in [0.25, 0.3) is 27.8 Å². The van der Waals surface area contributed by atoms with Gasteiger partial charge in [-0.1, -0.05) is 41.9 Å². The number of halogens is 1. The predicted molar refractivity (Wildman–Crippen MR) is 115 cm³/mol. The fourth-order valence-electron chi connectivity index (χ4n) is 3.25. The lowest BCUT2D eigenvalue weighted by molar-refractivity contribution is 0.104. The third kappa shape index (κ3) is 3.49. The normalized spacial score (nSPS) is 11.4. The van der Waals surface area contributed by atoms with Crippen LogP contribution >= 0.6 is 11.6 Å². The van der Waals surface area contributed by atoms with Crippen LogP contribution in [-0.2, 0) is 0 Å². The Labute approximate surface area is 168 Å². The second-order valence-corrected chi connectivity index (χ2v) is 7.01. The number of rotatable bonds is 4. The van der Waals surface area contributed by atoms with Gasteiger partial charge in [0.25, 0.3) is 0 Å². The van der Waals surface area contributed by atoms with Gasteiger partial charge in [-0.15, -0.1) is 0 Å². The quantitative estimate of drug-likeness (QED) is 0.236. The lowest BCUT2D eigenvalue weighted by Crippen LogP contribution is -1.96. The highest BCUT2D eigenvalue weighted by Gasteiger charge is 2.09. The SMILES string of the molecule is COc1ccc2c(C(=O)/C=C/c3cc4ccc(C)cc4nc3Cl)cccc2c1. The molecule has 4 heteroatoms. The Morgan fingerprint density at radius 3 is 2.71 bits per heavy atom. The number of ether oxygens (including phenoxy) is 1. The van der Waals surface area contributed by atoms with E-state index in [1.165, 1.54) is 0 Å². The molecule has 0 bridgehead atoms. The molecule has 0 N–H and O–H groups in total. The summed E-state index contributed by atoms with van der Waals surface area (Å²) in [5.41, 5.74) is 3.32. The minimum atomic E-state index is -0.0872. The molecule has 4 aromatic rings. The van der Waals surface area contributed by atoms with E-state index in [4.69, 9.17) is 16.3 Å². The zero-order chi connectivity index (χ0) is 19.7. The Morgan fingerprint density at radius 1 is 1.04 bits per heavy atom.